The maximum absolute atomic E-state index is 14.0. The summed E-state index contributed by atoms with van der Waals surface area (Å²) in [6.07, 6.45) is -2.79. The van der Waals surface area contributed by atoms with Crippen LogP contribution in [0.15, 0.2) is 42.5 Å². The Hall–Kier alpha value is -3.53. The van der Waals surface area contributed by atoms with Crippen molar-refractivity contribution >= 4 is 29.7 Å². The monoisotopic (exact) mass is 651 g/mol. The highest BCUT2D eigenvalue weighted by Gasteiger charge is 2.92. The molecule has 0 radical (unpaired) electrons. The van der Waals surface area contributed by atoms with E-state index in [0.717, 1.165) is 5.56 Å². The van der Waals surface area contributed by atoms with Crippen LogP contribution in [-0.4, -0.2) is 73.1 Å². The van der Waals surface area contributed by atoms with Crippen molar-refractivity contribution in [2.75, 3.05) is 14.1 Å². The molecule has 0 amide bonds. The number of ketones is 1. The summed E-state index contributed by atoms with van der Waals surface area (Å²) in [6.45, 7) is 16.4. The molecule has 10 nitrogen and oxygen atoms in total. The summed E-state index contributed by atoms with van der Waals surface area (Å²) in [5, 5.41) is 0. The second-order valence-corrected chi connectivity index (χ2v) is 15.0. The van der Waals surface area contributed by atoms with Crippen LogP contribution in [0, 0.1) is 33.5 Å². The SMILES string of the molecule is C=C1[C@H](OC(=O)C[C@H](c2ccccc2)N(C)C)CC[C@@]2(C)[C@H](OC(C)=O)[C@H](OC(C)=O)[C@@]34[C@@H](C)C(=O)C[C@H]([C@H](OC(C)=O)[C@@]132)C4(C)C. The summed E-state index contributed by atoms with van der Waals surface area (Å²) < 4.78 is 24.9. The first-order valence-electron chi connectivity index (χ1n) is 16.5. The fourth-order valence-electron chi connectivity index (χ4n) is 10.9. The Morgan fingerprint density at radius 1 is 0.894 bits per heavy atom. The zero-order chi connectivity index (χ0) is 34.9. The number of nitrogens with zero attached hydrogens (tertiary/aromatic N) is 1. The molecule has 2 bridgehead atoms. The van der Waals surface area contributed by atoms with Crippen molar-refractivity contribution in [1.82, 2.24) is 4.90 Å². The van der Waals surface area contributed by atoms with Crippen molar-refractivity contribution in [3.63, 3.8) is 0 Å². The van der Waals surface area contributed by atoms with Crippen LogP contribution in [-0.2, 0) is 42.9 Å². The van der Waals surface area contributed by atoms with Crippen molar-refractivity contribution in [3.05, 3.63) is 48.0 Å². The minimum Gasteiger partial charge on any atom is -0.461 e. The molecule has 0 saturated heterocycles. The molecule has 0 aromatic heterocycles. The number of rotatable bonds is 8. The third kappa shape index (κ3) is 4.71. The number of carbonyl (C=O) groups is 5. The van der Waals surface area contributed by atoms with Gasteiger partial charge in [0.25, 0.3) is 0 Å². The molecule has 0 N–H and O–H groups in total. The van der Waals surface area contributed by atoms with Crippen LogP contribution >= 0.6 is 0 Å². The maximum atomic E-state index is 14.0. The zero-order valence-electron chi connectivity index (χ0n) is 29.1. The minimum atomic E-state index is -1.27. The molecule has 1 aromatic rings. The second kappa shape index (κ2) is 11.9. The van der Waals surface area contributed by atoms with Crippen LogP contribution in [0.4, 0.5) is 0 Å². The van der Waals surface area contributed by atoms with E-state index in [4.69, 9.17) is 18.9 Å². The van der Waals surface area contributed by atoms with Crippen LogP contribution in [0.1, 0.15) is 85.8 Å². The van der Waals surface area contributed by atoms with Crippen molar-refractivity contribution < 1.29 is 42.9 Å². The zero-order valence-corrected chi connectivity index (χ0v) is 29.1. The van der Waals surface area contributed by atoms with Gasteiger partial charge in [0.15, 0.2) is 0 Å². The summed E-state index contributed by atoms with van der Waals surface area (Å²) in [5.41, 5.74) is -2.82. The van der Waals surface area contributed by atoms with E-state index in [-0.39, 0.29) is 24.7 Å². The number of fused-ring (bicyclic) bond motifs is 1. The third-order valence-electron chi connectivity index (χ3n) is 12.4. The predicted octanol–water partition coefficient (Wildman–Crippen LogP) is 4.99. The predicted molar refractivity (Wildman–Crippen MR) is 171 cm³/mol. The molecule has 0 heterocycles. The van der Waals surface area contributed by atoms with E-state index in [1.807, 2.05) is 77.0 Å². The topological polar surface area (TPSA) is 126 Å². The highest BCUT2D eigenvalue weighted by molar-refractivity contribution is 5.86. The molecule has 1 aromatic carbocycles. The van der Waals surface area contributed by atoms with Gasteiger partial charge in [0, 0.05) is 55.9 Å². The lowest BCUT2D eigenvalue weighted by atomic mass is 9.42. The molecule has 47 heavy (non-hydrogen) atoms. The molecule has 4 saturated carbocycles. The Balaban J connectivity index is 1.69. The standard InChI is InChI=1S/C37H49NO9/c1-20-28(42)18-26-31(44-22(3)39)37-21(2)29(47-30(43)19-27(38(9)10)25-14-12-11-13-15-25)16-17-35(37,8)32(45-23(4)40)33(46-24(5)41)36(20,37)34(26,6)7/h11-15,20,26-27,29,31-33H,2,16-19H2,1,3-10H3/t20-,26+,27+,29+,31-,32+,33-,35-,36+,37+/m0/s1. The fourth-order valence-corrected chi connectivity index (χ4v) is 10.9. The largest absolute Gasteiger partial charge is 0.461 e. The highest BCUT2D eigenvalue weighted by Crippen LogP contribution is 2.86. The van der Waals surface area contributed by atoms with E-state index < -0.39 is 81.8 Å². The first-order valence-corrected chi connectivity index (χ1v) is 16.5. The highest BCUT2D eigenvalue weighted by atomic mass is 16.6. The van der Waals surface area contributed by atoms with E-state index in [0.29, 0.717) is 18.4 Å². The number of hydrogen-bond acceptors (Lipinski definition) is 10. The Kier molecular flexibility index (Phi) is 8.78. The molecule has 4 fully saturated rings. The third-order valence-corrected chi connectivity index (χ3v) is 12.4. The molecular formula is C37H49NO9. The fraction of sp³-hybridized carbons (Fsp3) is 0.649. The van der Waals surface area contributed by atoms with Crippen molar-refractivity contribution in [2.45, 2.75) is 105 Å². The van der Waals surface area contributed by atoms with Gasteiger partial charge >= 0.3 is 23.9 Å². The van der Waals surface area contributed by atoms with Crippen LogP contribution in [0.5, 0.6) is 0 Å². The lowest BCUT2D eigenvalue weighted by Gasteiger charge is -2.60. The summed E-state index contributed by atoms with van der Waals surface area (Å²) in [7, 11) is 3.81. The minimum absolute atomic E-state index is 0.0602. The van der Waals surface area contributed by atoms with Crippen LogP contribution in [0.2, 0.25) is 0 Å². The van der Waals surface area contributed by atoms with Gasteiger partial charge in [-0.25, -0.2) is 0 Å². The summed E-state index contributed by atoms with van der Waals surface area (Å²) in [6, 6.07) is 9.48. The Morgan fingerprint density at radius 3 is 2.00 bits per heavy atom. The molecule has 0 unspecified atom stereocenters. The molecular weight excluding hydrogens is 602 g/mol. The van der Waals surface area contributed by atoms with Crippen LogP contribution in [0.25, 0.3) is 0 Å². The van der Waals surface area contributed by atoms with Gasteiger partial charge in [-0.1, -0.05) is 64.6 Å². The van der Waals surface area contributed by atoms with E-state index >= 15 is 0 Å². The van der Waals surface area contributed by atoms with Crippen molar-refractivity contribution in [3.8, 4) is 0 Å². The first kappa shape index (κ1) is 34.8. The quantitative estimate of drug-likeness (QED) is 0.216. The number of Topliss-reactive ketones (excluding diaryl/α,β-unsaturated/α-hetero) is 1. The number of carbonyl (C=O) groups excluding carboxylic acids is 5. The molecule has 5 rings (SSSR count). The smallest absolute Gasteiger partial charge is 0.308 e. The van der Waals surface area contributed by atoms with Gasteiger partial charge in [0.2, 0.25) is 0 Å². The number of hydrogen-bond donors (Lipinski definition) is 0. The lowest BCUT2D eigenvalue weighted by Crippen LogP contribution is -2.63. The number of benzene rings is 1. The van der Waals surface area contributed by atoms with Gasteiger partial charge in [-0.3, -0.25) is 24.0 Å². The van der Waals surface area contributed by atoms with Gasteiger partial charge in [-0.05, 0) is 43.5 Å². The molecule has 4 aliphatic carbocycles. The number of esters is 4. The summed E-state index contributed by atoms with van der Waals surface area (Å²) in [5.74, 6) is -3.34. The maximum Gasteiger partial charge on any atom is 0.308 e. The Morgan fingerprint density at radius 2 is 1.45 bits per heavy atom. The van der Waals surface area contributed by atoms with E-state index in [1.165, 1.54) is 20.8 Å². The normalized spacial score (nSPS) is 37.4. The average Bonchev–Trinajstić information content (AvgIpc) is 3.22. The van der Waals surface area contributed by atoms with Gasteiger partial charge in [0.05, 0.1) is 11.8 Å². The van der Waals surface area contributed by atoms with E-state index in [1.54, 1.807) is 0 Å². The number of ether oxygens (including phenoxy) is 4. The second-order valence-electron chi connectivity index (χ2n) is 15.0. The Labute approximate surface area is 277 Å². The molecule has 0 aliphatic heterocycles. The van der Waals surface area contributed by atoms with Crippen molar-refractivity contribution in [1.29, 1.82) is 0 Å². The molecule has 4 aliphatic rings. The molecule has 10 atom stereocenters. The van der Waals surface area contributed by atoms with Crippen LogP contribution in [0.3, 0.4) is 0 Å². The van der Waals surface area contributed by atoms with Crippen molar-refractivity contribution in [2.24, 2.45) is 33.5 Å². The molecule has 256 valence electrons. The summed E-state index contributed by atoms with van der Waals surface area (Å²) >= 11 is 0. The first-order chi connectivity index (χ1) is 21.9. The van der Waals surface area contributed by atoms with Crippen LogP contribution < -0.4 is 0 Å². The molecule has 10 heteroatoms. The van der Waals surface area contributed by atoms with Gasteiger partial charge in [-0.2, -0.15) is 0 Å². The molecule has 2 spiro atoms. The Bertz CT molecular complexity index is 1490. The van der Waals surface area contributed by atoms with E-state index in [9.17, 15) is 24.0 Å². The van der Waals surface area contributed by atoms with Gasteiger partial charge in [0.1, 0.15) is 30.2 Å². The van der Waals surface area contributed by atoms with Gasteiger partial charge < -0.3 is 23.8 Å². The van der Waals surface area contributed by atoms with E-state index in [2.05, 4.69) is 6.58 Å². The lowest BCUT2D eigenvalue weighted by molar-refractivity contribution is -0.194. The summed E-state index contributed by atoms with van der Waals surface area (Å²) in [4.78, 5) is 68.3. The van der Waals surface area contributed by atoms with Gasteiger partial charge in [-0.15, -0.1) is 0 Å². The average molecular weight is 652 g/mol.